The molecule has 0 saturated carbocycles. The summed E-state index contributed by atoms with van der Waals surface area (Å²) in [6.45, 7) is 4.03. The van der Waals surface area contributed by atoms with Crippen molar-refractivity contribution in [3.63, 3.8) is 0 Å². The van der Waals surface area contributed by atoms with Gasteiger partial charge in [-0.3, -0.25) is 0 Å². The SMILES string of the molecule is CCC1(CC)CS(=O)(=O)c2cc(O)c(OC)cc2C(Cc2ccccc2)N1. The van der Waals surface area contributed by atoms with Crippen LogP contribution in [0.5, 0.6) is 11.5 Å². The molecule has 1 atom stereocenters. The number of phenols is 1. The van der Waals surface area contributed by atoms with Crippen molar-refractivity contribution in [3.05, 3.63) is 53.6 Å². The molecule has 2 aromatic carbocycles. The van der Waals surface area contributed by atoms with Gasteiger partial charge in [0.25, 0.3) is 0 Å². The molecule has 3 rings (SSSR count). The highest BCUT2D eigenvalue weighted by Crippen LogP contribution is 2.40. The first-order valence-corrected chi connectivity index (χ1v) is 10.9. The van der Waals surface area contributed by atoms with E-state index in [0.717, 1.165) is 5.56 Å². The minimum absolute atomic E-state index is 0.0110. The van der Waals surface area contributed by atoms with E-state index in [2.05, 4.69) is 5.32 Å². The predicted molar refractivity (Wildman–Crippen MR) is 106 cm³/mol. The summed E-state index contributed by atoms with van der Waals surface area (Å²) < 4.78 is 31.6. The van der Waals surface area contributed by atoms with Gasteiger partial charge in [0.2, 0.25) is 0 Å². The number of hydrogen-bond donors (Lipinski definition) is 2. The van der Waals surface area contributed by atoms with Crippen LogP contribution in [0.1, 0.15) is 43.9 Å². The van der Waals surface area contributed by atoms with Gasteiger partial charge in [0.1, 0.15) is 0 Å². The summed E-state index contributed by atoms with van der Waals surface area (Å²) in [5, 5.41) is 13.8. The number of rotatable bonds is 5. The van der Waals surface area contributed by atoms with E-state index < -0.39 is 15.4 Å². The number of nitrogens with one attached hydrogen (secondary N) is 1. The van der Waals surface area contributed by atoms with E-state index in [0.29, 0.717) is 24.8 Å². The average Bonchev–Trinajstić information content (AvgIpc) is 2.75. The highest BCUT2D eigenvalue weighted by atomic mass is 32.2. The van der Waals surface area contributed by atoms with Gasteiger partial charge < -0.3 is 15.2 Å². The zero-order chi connectivity index (χ0) is 19.7. The normalized spacial score (nSPS) is 20.5. The molecule has 0 saturated heterocycles. The third-order valence-corrected chi connectivity index (χ3v) is 7.56. The summed E-state index contributed by atoms with van der Waals surface area (Å²) in [6, 6.07) is 12.8. The molecular formula is C21H27NO4S. The van der Waals surface area contributed by atoms with Gasteiger partial charge in [-0.2, -0.15) is 0 Å². The third-order valence-electron chi connectivity index (χ3n) is 5.60. The second-order valence-corrected chi connectivity index (χ2v) is 9.15. The molecule has 0 aliphatic carbocycles. The lowest BCUT2D eigenvalue weighted by molar-refractivity contribution is 0.293. The molecule has 5 nitrogen and oxygen atoms in total. The summed E-state index contributed by atoms with van der Waals surface area (Å²) in [6.07, 6.45) is 2.05. The largest absolute Gasteiger partial charge is 0.504 e. The summed E-state index contributed by atoms with van der Waals surface area (Å²) >= 11 is 0. The van der Waals surface area contributed by atoms with E-state index in [-0.39, 0.29) is 28.2 Å². The Balaban J connectivity index is 2.19. The van der Waals surface area contributed by atoms with Crippen LogP contribution in [0.2, 0.25) is 0 Å². The number of ether oxygens (including phenoxy) is 1. The summed E-state index contributed by atoms with van der Waals surface area (Å²) in [5.74, 6) is 0.139. The lowest BCUT2D eigenvalue weighted by Crippen LogP contribution is -2.49. The maximum absolute atomic E-state index is 13.2. The molecular weight excluding hydrogens is 362 g/mol. The van der Waals surface area contributed by atoms with Crippen LogP contribution in [0.4, 0.5) is 0 Å². The first kappa shape index (κ1) is 19.7. The van der Waals surface area contributed by atoms with Crippen LogP contribution in [-0.4, -0.2) is 31.9 Å². The fourth-order valence-electron chi connectivity index (χ4n) is 3.87. The molecule has 0 radical (unpaired) electrons. The van der Waals surface area contributed by atoms with E-state index in [1.807, 2.05) is 44.2 Å². The molecule has 2 N–H and O–H groups in total. The topological polar surface area (TPSA) is 75.6 Å². The van der Waals surface area contributed by atoms with Gasteiger partial charge in [0.05, 0.1) is 17.8 Å². The van der Waals surface area contributed by atoms with Gasteiger partial charge in [-0.25, -0.2) is 8.42 Å². The molecule has 0 amide bonds. The first-order chi connectivity index (χ1) is 12.8. The maximum atomic E-state index is 13.2. The Hall–Kier alpha value is -2.05. The Morgan fingerprint density at radius 3 is 2.44 bits per heavy atom. The van der Waals surface area contributed by atoms with Crippen LogP contribution >= 0.6 is 0 Å². The Morgan fingerprint density at radius 2 is 1.85 bits per heavy atom. The quantitative estimate of drug-likeness (QED) is 0.817. The van der Waals surface area contributed by atoms with E-state index in [4.69, 9.17) is 4.74 Å². The van der Waals surface area contributed by atoms with E-state index in [1.54, 1.807) is 6.07 Å². The zero-order valence-corrected chi connectivity index (χ0v) is 16.8. The molecule has 1 unspecified atom stereocenters. The molecule has 1 heterocycles. The van der Waals surface area contributed by atoms with Crippen molar-refractivity contribution in [2.75, 3.05) is 12.9 Å². The van der Waals surface area contributed by atoms with Crippen molar-refractivity contribution in [1.82, 2.24) is 5.32 Å². The Morgan fingerprint density at radius 1 is 1.19 bits per heavy atom. The zero-order valence-electron chi connectivity index (χ0n) is 16.0. The Kier molecular flexibility index (Phi) is 5.49. The van der Waals surface area contributed by atoms with Crippen LogP contribution in [0.15, 0.2) is 47.4 Å². The molecule has 1 aliphatic rings. The fraction of sp³-hybridized carbons (Fsp3) is 0.429. The lowest BCUT2D eigenvalue weighted by atomic mass is 9.90. The summed E-state index contributed by atoms with van der Waals surface area (Å²) in [5.41, 5.74) is 1.26. The molecule has 0 bridgehead atoms. The van der Waals surface area contributed by atoms with E-state index in [1.165, 1.54) is 13.2 Å². The first-order valence-electron chi connectivity index (χ1n) is 9.29. The van der Waals surface area contributed by atoms with Gasteiger partial charge in [0, 0.05) is 17.6 Å². The molecule has 2 aromatic rings. The van der Waals surface area contributed by atoms with Crippen molar-refractivity contribution < 1.29 is 18.3 Å². The minimum Gasteiger partial charge on any atom is -0.504 e. The fourth-order valence-corrected chi connectivity index (χ4v) is 6.10. The average molecular weight is 390 g/mol. The summed E-state index contributed by atoms with van der Waals surface area (Å²) in [4.78, 5) is 0.193. The van der Waals surface area contributed by atoms with Crippen LogP contribution < -0.4 is 10.1 Å². The van der Waals surface area contributed by atoms with E-state index >= 15 is 0 Å². The third kappa shape index (κ3) is 3.82. The highest BCUT2D eigenvalue weighted by molar-refractivity contribution is 7.91. The van der Waals surface area contributed by atoms with Crippen LogP contribution in [0.3, 0.4) is 0 Å². The highest BCUT2D eigenvalue weighted by Gasteiger charge is 2.41. The van der Waals surface area contributed by atoms with Gasteiger partial charge >= 0.3 is 0 Å². The lowest BCUT2D eigenvalue weighted by Gasteiger charge is -2.34. The van der Waals surface area contributed by atoms with E-state index in [9.17, 15) is 13.5 Å². The number of fused-ring (bicyclic) bond motifs is 1. The number of benzene rings is 2. The van der Waals surface area contributed by atoms with Gasteiger partial charge in [-0.15, -0.1) is 0 Å². The van der Waals surface area contributed by atoms with Crippen molar-refractivity contribution in [3.8, 4) is 11.5 Å². The minimum atomic E-state index is -3.56. The Bertz CT molecular complexity index is 905. The number of sulfone groups is 1. The van der Waals surface area contributed by atoms with Gasteiger partial charge in [0.15, 0.2) is 21.3 Å². The standard InChI is InChI=1S/C21H27NO4S/c1-4-21(5-2)14-27(24,25)20-13-18(23)19(26-3)12-16(20)17(22-21)11-15-9-7-6-8-10-15/h6-10,12-13,17,22-23H,4-5,11,14H2,1-3H3. The van der Waals surface area contributed by atoms with Crippen LogP contribution in [0.25, 0.3) is 0 Å². The van der Waals surface area contributed by atoms with Gasteiger partial charge in [-0.05, 0) is 36.5 Å². The van der Waals surface area contributed by atoms with Crippen LogP contribution in [0, 0.1) is 0 Å². The number of methoxy groups -OCH3 is 1. The number of phenolic OH excluding ortho intramolecular Hbond substituents is 1. The molecule has 0 spiro atoms. The smallest absolute Gasteiger partial charge is 0.180 e. The maximum Gasteiger partial charge on any atom is 0.180 e. The van der Waals surface area contributed by atoms with Crippen molar-refractivity contribution in [2.24, 2.45) is 0 Å². The second-order valence-electron chi connectivity index (χ2n) is 7.20. The number of hydrogen-bond acceptors (Lipinski definition) is 5. The molecule has 27 heavy (non-hydrogen) atoms. The van der Waals surface area contributed by atoms with Crippen molar-refractivity contribution in [1.29, 1.82) is 0 Å². The molecule has 6 heteroatoms. The number of aromatic hydroxyl groups is 1. The van der Waals surface area contributed by atoms with Gasteiger partial charge in [-0.1, -0.05) is 44.2 Å². The summed E-state index contributed by atoms with van der Waals surface area (Å²) in [7, 11) is -2.09. The molecule has 1 aliphatic heterocycles. The molecule has 146 valence electrons. The molecule has 0 aromatic heterocycles. The monoisotopic (exact) mass is 389 g/mol. The van der Waals surface area contributed by atoms with Crippen molar-refractivity contribution >= 4 is 9.84 Å². The predicted octanol–water partition coefficient (Wildman–Crippen LogP) is 3.62. The van der Waals surface area contributed by atoms with Crippen LogP contribution in [-0.2, 0) is 16.3 Å². The second kappa shape index (κ2) is 7.52. The Labute approximate surface area is 161 Å². The van der Waals surface area contributed by atoms with Crippen molar-refractivity contribution in [2.45, 2.75) is 49.6 Å². The molecule has 0 fully saturated rings.